The third-order valence-electron chi connectivity index (χ3n) is 6.00. The molecule has 84 valence electrons. The Labute approximate surface area is 92.6 Å². The van der Waals surface area contributed by atoms with Gasteiger partial charge in [-0.25, -0.2) is 0 Å². The second-order valence-electron chi connectivity index (χ2n) is 6.60. The third kappa shape index (κ3) is 1.03. The van der Waals surface area contributed by atoms with Crippen LogP contribution in [0.15, 0.2) is 0 Å². The van der Waals surface area contributed by atoms with Gasteiger partial charge in [-0.1, -0.05) is 6.42 Å². The minimum atomic E-state index is 0.371. The van der Waals surface area contributed by atoms with Gasteiger partial charge in [0.15, 0.2) is 0 Å². The van der Waals surface area contributed by atoms with E-state index in [2.05, 4.69) is 6.92 Å². The first-order valence-corrected chi connectivity index (χ1v) is 6.96. The van der Waals surface area contributed by atoms with E-state index in [0.29, 0.717) is 11.7 Å². The van der Waals surface area contributed by atoms with Crippen molar-refractivity contribution in [1.82, 2.24) is 0 Å². The fourth-order valence-electron chi connectivity index (χ4n) is 5.60. The standard InChI is InChI=1S/C14H22O/c1-9-5-6-14(15-9)8-10-7-13(14)12-4-2-3-11(10)12/h9-13H,2-8H2,1H3/t9-,10-,11+,12-,13+,14-/m1/s1. The average molecular weight is 206 g/mol. The van der Waals surface area contributed by atoms with Crippen LogP contribution >= 0.6 is 0 Å². The molecule has 1 spiro atoms. The summed E-state index contributed by atoms with van der Waals surface area (Å²) in [5, 5.41) is 0. The lowest BCUT2D eigenvalue weighted by Crippen LogP contribution is -2.41. The summed E-state index contributed by atoms with van der Waals surface area (Å²) in [5.41, 5.74) is 0.371. The van der Waals surface area contributed by atoms with Gasteiger partial charge in [0, 0.05) is 0 Å². The van der Waals surface area contributed by atoms with Crippen LogP contribution in [0.5, 0.6) is 0 Å². The molecule has 4 fully saturated rings. The molecule has 1 heterocycles. The van der Waals surface area contributed by atoms with E-state index in [0.717, 1.165) is 23.7 Å². The number of hydrogen-bond donors (Lipinski definition) is 0. The van der Waals surface area contributed by atoms with Crippen LogP contribution in [0.1, 0.15) is 51.9 Å². The van der Waals surface area contributed by atoms with Gasteiger partial charge in [-0.3, -0.25) is 0 Å². The Hall–Kier alpha value is -0.0400. The first-order valence-electron chi connectivity index (χ1n) is 6.96. The number of ether oxygens (including phenoxy) is 1. The maximum atomic E-state index is 6.35. The molecule has 4 rings (SSSR count). The first kappa shape index (κ1) is 9.04. The van der Waals surface area contributed by atoms with Gasteiger partial charge in [-0.2, -0.15) is 0 Å². The van der Waals surface area contributed by atoms with Gasteiger partial charge in [0.05, 0.1) is 11.7 Å². The third-order valence-corrected chi connectivity index (χ3v) is 6.00. The highest BCUT2D eigenvalue weighted by molar-refractivity contribution is 5.12. The smallest absolute Gasteiger partial charge is 0.0720 e. The predicted octanol–water partition coefficient (Wildman–Crippen LogP) is 3.38. The van der Waals surface area contributed by atoms with Crippen molar-refractivity contribution in [2.45, 2.75) is 63.6 Å². The molecule has 1 saturated heterocycles. The lowest BCUT2D eigenvalue weighted by molar-refractivity contribution is -0.0914. The zero-order valence-corrected chi connectivity index (χ0v) is 9.74. The van der Waals surface area contributed by atoms with Crippen molar-refractivity contribution < 1.29 is 4.74 Å². The summed E-state index contributed by atoms with van der Waals surface area (Å²) in [6.45, 7) is 2.27. The summed E-state index contributed by atoms with van der Waals surface area (Å²) in [6.07, 6.45) is 10.7. The van der Waals surface area contributed by atoms with Crippen LogP contribution in [0, 0.1) is 23.7 Å². The number of fused-ring (bicyclic) bond motifs is 6. The molecule has 0 aromatic carbocycles. The quantitative estimate of drug-likeness (QED) is 0.590. The highest BCUT2D eigenvalue weighted by Crippen LogP contribution is 2.65. The fraction of sp³-hybridized carbons (Fsp3) is 1.00. The van der Waals surface area contributed by atoms with Gasteiger partial charge in [0.1, 0.15) is 0 Å². The van der Waals surface area contributed by atoms with Crippen molar-refractivity contribution in [2.24, 2.45) is 23.7 Å². The molecular formula is C14H22O. The van der Waals surface area contributed by atoms with E-state index < -0.39 is 0 Å². The molecule has 0 radical (unpaired) electrons. The molecule has 2 bridgehead atoms. The molecule has 0 amide bonds. The number of rotatable bonds is 0. The SMILES string of the molecule is C[C@@H]1CC[C@]2(C[C@H]3C[C@H]2[C@@H]2CCC[C@@H]32)O1. The molecule has 3 saturated carbocycles. The van der Waals surface area contributed by atoms with E-state index in [1.807, 2.05) is 0 Å². The summed E-state index contributed by atoms with van der Waals surface area (Å²) in [4.78, 5) is 0. The highest BCUT2D eigenvalue weighted by Gasteiger charge is 2.62. The van der Waals surface area contributed by atoms with Crippen molar-refractivity contribution >= 4 is 0 Å². The zero-order valence-electron chi connectivity index (χ0n) is 9.74. The molecule has 0 N–H and O–H groups in total. The minimum Gasteiger partial charge on any atom is -0.372 e. The summed E-state index contributed by atoms with van der Waals surface area (Å²) >= 11 is 0. The van der Waals surface area contributed by atoms with Crippen LogP contribution < -0.4 is 0 Å². The Kier molecular flexibility index (Phi) is 1.68. The lowest BCUT2D eigenvalue weighted by Gasteiger charge is -2.40. The van der Waals surface area contributed by atoms with Crippen LogP contribution in [0.2, 0.25) is 0 Å². The van der Waals surface area contributed by atoms with Crippen LogP contribution in [0.4, 0.5) is 0 Å². The maximum absolute atomic E-state index is 6.35. The molecule has 3 aliphatic carbocycles. The van der Waals surface area contributed by atoms with E-state index in [1.54, 1.807) is 0 Å². The van der Waals surface area contributed by atoms with Crippen LogP contribution in [0.3, 0.4) is 0 Å². The molecule has 15 heavy (non-hydrogen) atoms. The lowest BCUT2D eigenvalue weighted by atomic mass is 9.72. The maximum Gasteiger partial charge on any atom is 0.0720 e. The van der Waals surface area contributed by atoms with Gasteiger partial charge in [0.25, 0.3) is 0 Å². The summed E-state index contributed by atoms with van der Waals surface area (Å²) in [5.74, 6) is 4.18. The van der Waals surface area contributed by atoms with Gasteiger partial charge < -0.3 is 4.74 Å². The van der Waals surface area contributed by atoms with Gasteiger partial charge in [-0.15, -0.1) is 0 Å². The van der Waals surface area contributed by atoms with E-state index in [4.69, 9.17) is 4.74 Å². The van der Waals surface area contributed by atoms with Crippen molar-refractivity contribution in [3.8, 4) is 0 Å². The van der Waals surface area contributed by atoms with Crippen LogP contribution in [-0.4, -0.2) is 11.7 Å². The molecule has 1 aliphatic heterocycles. The highest BCUT2D eigenvalue weighted by atomic mass is 16.5. The molecule has 0 unspecified atom stereocenters. The molecular weight excluding hydrogens is 184 g/mol. The summed E-state index contributed by atoms with van der Waals surface area (Å²) < 4.78 is 6.35. The normalized spacial score (nSPS) is 61.8. The Morgan fingerprint density at radius 1 is 1.13 bits per heavy atom. The monoisotopic (exact) mass is 206 g/mol. The van der Waals surface area contributed by atoms with Crippen LogP contribution in [-0.2, 0) is 4.74 Å². The van der Waals surface area contributed by atoms with Crippen molar-refractivity contribution in [2.75, 3.05) is 0 Å². The average Bonchev–Trinajstić information content (AvgIpc) is 2.89. The van der Waals surface area contributed by atoms with E-state index >= 15 is 0 Å². The van der Waals surface area contributed by atoms with Crippen LogP contribution in [0.25, 0.3) is 0 Å². The van der Waals surface area contributed by atoms with Crippen molar-refractivity contribution in [3.05, 3.63) is 0 Å². The summed E-state index contributed by atoms with van der Waals surface area (Å²) in [6, 6.07) is 0. The molecule has 6 atom stereocenters. The van der Waals surface area contributed by atoms with Gasteiger partial charge in [0.2, 0.25) is 0 Å². The minimum absolute atomic E-state index is 0.371. The second kappa shape index (κ2) is 2.80. The molecule has 1 heteroatoms. The fourth-order valence-corrected chi connectivity index (χ4v) is 5.60. The Morgan fingerprint density at radius 3 is 2.80 bits per heavy atom. The Balaban J connectivity index is 1.65. The zero-order chi connectivity index (χ0) is 10.0. The largest absolute Gasteiger partial charge is 0.372 e. The molecule has 1 nitrogen and oxygen atoms in total. The Bertz CT molecular complexity index is 287. The number of hydrogen-bond acceptors (Lipinski definition) is 1. The summed E-state index contributed by atoms with van der Waals surface area (Å²) in [7, 11) is 0. The first-order chi connectivity index (χ1) is 7.28. The van der Waals surface area contributed by atoms with E-state index in [1.165, 1.54) is 44.9 Å². The molecule has 4 aliphatic rings. The van der Waals surface area contributed by atoms with Crippen molar-refractivity contribution in [1.29, 1.82) is 0 Å². The van der Waals surface area contributed by atoms with E-state index in [9.17, 15) is 0 Å². The molecule has 0 aromatic rings. The molecule has 0 aromatic heterocycles. The van der Waals surface area contributed by atoms with E-state index in [-0.39, 0.29) is 0 Å². The second-order valence-corrected chi connectivity index (χ2v) is 6.60. The Morgan fingerprint density at radius 2 is 2.00 bits per heavy atom. The van der Waals surface area contributed by atoms with Gasteiger partial charge in [-0.05, 0) is 69.1 Å². The topological polar surface area (TPSA) is 9.23 Å². The van der Waals surface area contributed by atoms with Crippen molar-refractivity contribution in [3.63, 3.8) is 0 Å². The van der Waals surface area contributed by atoms with Gasteiger partial charge >= 0.3 is 0 Å². The predicted molar refractivity (Wildman–Crippen MR) is 59.6 cm³/mol.